The van der Waals surface area contributed by atoms with E-state index >= 15 is 0 Å². The topological polar surface area (TPSA) is 53.4 Å². The van der Waals surface area contributed by atoms with Gasteiger partial charge < -0.3 is 14.0 Å². The van der Waals surface area contributed by atoms with Crippen molar-refractivity contribution in [2.75, 3.05) is 13.7 Å². The minimum Gasteiger partial charge on any atom is -0.481 e. The molecular weight excluding hydrogens is 268 g/mol. The molecule has 0 bridgehead atoms. The number of ether oxygens (including phenoxy) is 2. The van der Waals surface area contributed by atoms with E-state index in [4.69, 9.17) is 9.47 Å². The lowest BCUT2D eigenvalue weighted by atomic mass is 9.88. The molecule has 5 heteroatoms. The highest BCUT2D eigenvalue weighted by Crippen LogP contribution is 2.27. The van der Waals surface area contributed by atoms with Crippen LogP contribution in [0.4, 0.5) is 0 Å². The molecule has 0 N–H and O–H groups in total. The van der Waals surface area contributed by atoms with Crippen LogP contribution in [0.3, 0.4) is 0 Å². The van der Waals surface area contributed by atoms with Gasteiger partial charge in [-0.05, 0) is 32.9 Å². The van der Waals surface area contributed by atoms with Crippen molar-refractivity contribution in [3.8, 4) is 5.88 Å². The summed E-state index contributed by atoms with van der Waals surface area (Å²) in [6.45, 7) is 6.02. The molecule has 0 aromatic carbocycles. The van der Waals surface area contributed by atoms with Gasteiger partial charge in [0.2, 0.25) is 5.88 Å². The quantitative estimate of drug-likeness (QED) is 0.795. The van der Waals surface area contributed by atoms with Gasteiger partial charge in [-0.2, -0.15) is 0 Å². The molecule has 2 heterocycles. The molecule has 0 aliphatic heterocycles. The second kappa shape index (κ2) is 5.76. The Labute approximate surface area is 124 Å². The summed E-state index contributed by atoms with van der Waals surface area (Å²) in [5.41, 5.74) is 2.36. The van der Waals surface area contributed by atoms with Crippen LogP contribution in [0, 0.1) is 5.41 Å². The lowest BCUT2D eigenvalue weighted by Crippen LogP contribution is -2.29. The number of carbonyl (C=O) groups is 1. The Balaban J connectivity index is 2.34. The molecule has 21 heavy (non-hydrogen) atoms. The normalized spacial score (nSPS) is 11.7. The van der Waals surface area contributed by atoms with Crippen LogP contribution in [0.25, 0.3) is 11.0 Å². The summed E-state index contributed by atoms with van der Waals surface area (Å²) in [5, 5.41) is 0. The van der Waals surface area contributed by atoms with E-state index in [0.717, 1.165) is 16.7 Å². The number of nitrogens with zero attached hydrogens (tertiary/aromatic N) is 2. The Morgan fingerprint density at radius 3 is 2.71 bits per heavy atom. The van der Waals surface area contributed by atoms with Crippen molar-refractivity contribution < 1.29 is 14.3 Å². The Hall–Kier alpha value is -2.04. The van der Waals surface area contributed by atoms with Gasteiger partial charge in [0.25, 0.3) is 0 Å². The van der Waals surface area contributed by atoms with E-state index in [0.29, 0.717) is 18.9 Å². The molecule has 0 saturated heterocycles. The monoisotopic (exact) mass is 290 g/mol. The van der Waals surface area contributed by atoms with Crippen LogP contribution < -0.4 is 4.74 Å². The van der Waals surface area contributed by atoms with Crippen molar-refractivity contribution in [2.45, 2.75) is 27.2 Å². The predicted octanol–water partition coefficient (Wildman–Crippen LogP) is 2.71. The maximum atomic E-state index is 12.0. The first-order valence-electron chi connectivity index (χ1n) is 7.05. The molecule has 0 unspecified atom stereocenters. The highest BCUT2D eigenvalue weighted by Gasteiger charge is 2.30. The van der Waals surface area contributed by atoms with Gasteiger partial charge in [0.05, 0.1) is 30.2 Å². The zero-order chi connectivity index (χ0) is 15.6. The molecule has 2 aromatic rings. The zero-order valence-corrected chi connectivity index (χ0v) is 13.3. The minimum atomic E-state index is -0.567. The van der Waals surface area contributed by atoms with Gasteiger partial charge in [-0.15, -0.1) is 0 Å². The number of rotatable bonds is 5. The molecular formula is C16H22N2O3. The molecule has 0 radical (unpaired) electrons. The highest BCUT2D eigenvalue weighted by atomic mass is 16.5. The lowest BCUT2D eigenvalue weighted by Gasteiger charge is -2.22. The maximum absolute atomic E-state index is 12.0. The van der Waals surface area contributed by atoms with Crippen LogP contribution in [0.2, 0.25) is 0 Å². The Bertz CT molecular complexity index is 659. The summed E-state index contributed by atoms with van der Waals surface area (Å²) in [7, 11) is 3.58. The van der Waals surface area contributed by atoms with E-state index in [2.05, 4.69) is 9.55 Å². The molecule has 0 saturated carbocycles. The average Bonchev–Trinajstić information content (AvgIpc) is 2.74. The summed E-state index contributed by atoms with van der Waals surface area (Å²) in [6.07, 6.45) is 0.598. The first kappa shape index (κ1) is 15.4. The summed E-state index contributed by atoms with van der Waals surface area (Å²) in [4.78, 5) is 16.5. The highest BCUT2D eigenvalue weighted by molar-refractivity contribution is 5.79. The third kappa shape index (κ3) is 3.01. The summed E-state index contributed by atoms with van der Waals surface area (Å²) < 4.78 is 12.4. The van der Waals surface area contributed by atoms with Gasteiger partial charge in [-0.25, -0.2) is 4.98 Å². The molecule has 0 aliphatic carbocycles. The van der Waals surface area contributed by atoms with Crippen molar-refractivity contribution >= 4 is 17.0 Å². The van der Waals surface area contributed by atoms with Crippen LogP contribution in [-0.2, 0) is 23.0 Å². The standard InChI is InChI=1S/C16H22N2O3/c1-6-21-15(19)16(2,3)10-11-9-12-13(18(11)4)7-8-14(17-12)20-5/h7-9H,6,10H2,1-5H3. The molecule has 0 amide bonds. The number of fused-ring (bicyclic) bond motifs is 1. The summed E-state index contributed by atoms with van der Waals surface area (Å²) >= 11 is 0. The minimum absolute atomic E-state index is 0.180. The summed E-state index contributed by atoms with van der Waals surface area (Å²) in [5.74, 6) is 0.407. The van der Waals surface area contributed by atoms with Crippen LogP contribution in [0.1, 0.15) is 26.5 Å². The lowest BCUT2D eigenvalue weighted by molar-refractivity contribution is -0.153. The van der Waals surface area contributed by atoms with E-state index in [9.17, 15) is 4.79 Å². The second-order valence-corrected chi connectivity index (χ2v) is 5.73. The molecule has 0 aliphatic rings. The third-order valence-corrected chi connectivity index (χ3v) is 3.63. The largest absolute Gasteiger partial charge is 0.481 e. The first-order chi connectivity index (χ1) is 9.89. The van der Waals surface area contributed by atoms with Crippen LogP contribution in [0.5, 0.6) is 5.88 Å². The predicted molar refractivity (Wildman–Crippen MR) is 81.4 cm³/mol. The van der Waals surface area contributed by atoms with E-state index in [1.807, 2.05) is 46.0 Å². The maximum Gasteiger partial charge on any atom is 0.311 e. The number of methoxy groups -OCH3 is 1. The molecule has 2 rings (SSSR count). The van der Waals surface area contributed by atoms with Gasteiger partial charge in [0.15, 0.2) is 0 Å². The van der Waals surface area contributed by atoms with Gasteiger partial charge in [0.1, 0.15) is 0 Å². The van der Waals surface area contributed by atoms with Crippen LogP contribution in [-0.4, -0.2) is 29.2 Å². The van der Waals surface area contributed by atoms with E-state index < -0.39 is 5.41 Å². The van der Waals surface area contributed by atoms with E-state index in [-0.39, 0.29) is 5.97 Å². The van der Waals surface area contributed by atoms with E-state index in [1.54, 1.807) is 7.11 Å². The van der Waals surface area contributed by atoms with Crippen molar-refractivity contribution in [3.63, 3.8) is 0 Å². The van der Waals surface area contributed by atoms with Crippen LogP contribution in [0.15, 0.2) is 18.2 Å². The van der Waals surface area contributed by atoms with Crippen molar-refractivity contribution in [1.29, 1.82) is 0 Å². The fraction of sp³-hybridized carbons (Fsp3) is 0.500. The van der Waals surface area contributed by atoms with Crippen molar-refractivity contribution in [2.24, 2.45) is 12.5 Å². The zero-order valence-electron chi connectivity index (χ0n) is 13.3. The van der Waals surface area contributed by atoms with Gasteiger partial charge in [0, 0.05) is 25.2 Å². The van der Waals surface area contributed by atoms with Gasteiger partial charge >= 0.3 is 5.97 Å². The van der Waals surface area contributed by atoms with E-state index in [1.165, 1.54) is 0 Å². The fourth-order valence-electron chi connectivity index (χ4n) is 2.38. The smallest absolute Gasteiger partial charge is 0.311 e. The SMILES string of the molecule is CCOC(=O)C(C)(C)Cc1cc2nc(OC)ccc2n1C. The van der Waals surface area contributed by atoms with Crippen molar-refractivity contribution in [3.05, 3.63) is 23.9 Å². The number of carbonyl (C=O) groups excluding carboxylic acids is 1. The van der Waals surface area contributed by atoms with Crippen LogP contribution >= 0.6 is 0 Å². The van der Waals surface area contributed by atoms with Gasteiger partial charge in [-0.1, -0.05) is 0 Å². The number of hydrogen-bond donors (Lipinski definition) is 0. The molecule has 5 nitrogen and oxygen atoms in total. The number of pyridine rings is 1. The number of esters is 1. The molecule has 0 fully saturated rings. The fourth-order valence-corrected chi connectivity index (χ4v) is 2.38. The number of aryl methyl sites for hydroxylation is 1. The average molecular weight is 290 g/mol. The second-order valence-electron chi connectivity index (χ2n) is 5.73. The Morgan fingerprint density at radius 1 is 1.38 bits per heavy atom. The number of aromatic nitrogens is 2. The molecule has 114 valence electrons. The van der Waals surface area contributed by atoms with Crippen molar-refractivity contribution in [1.82, 2.24) is 9.55 Å². The summed E-state index contributed by atoms with van der Waals surface area (Å²) in [6, 6.07) is 5.81. The first-order valence-corrected chi connectivity index (χ1v) is 7.05. The molecule has 0 atom stereocenters. The van der Waals surface area contributed by atoms with Gasteiger partial charge in [-0.3, -0.25) is 4.79 Å². The number of hydrogen-bond acceptors (Lipinski definition) is 4. The Kier molecular flexibility index (Phi) is 4.21. The molecule has 0 spiro atoms. The third-order valence-electron chi connectivity index (χ3n) is 3.63. The molecule has 2 aromatic heterocycles. The Morgan fingerprint density at radius 2 is 2.10 bits per heavy atom.